The summed E-state index contributed by atoms with van der Waals surface area (Å²) in [5, 5.41) is -0.161. The van der Waals surface area contributed by atoms with Crippen molar-refractivity contribution in [2.45, 2.75) is 12.8 Å². The molecule has 2 nitrogen and oxygen atoms in total. The molecule has 0 amide bonds. The van der Waals surface area contributed by atoms with Gasteiger partial charge in [0.1, 0.15) is 0 Å². The summed E-state index contributed by atoms with van der Waals surface area (Å²) in [6, 6.07) is 7.68. The van der Waals surface area contributed by atoms with Crippen LogP contribution in [0.4, 0.5) is 5.69 Å². The second kappa shape index (κ2) is 4.05. The Morgan fingerprint density at radius 1 is 1.29 bits per heavy atom. The van der Waals surface area contributed by atoms with Crippen molar-refractivity contribution in [3.05, 3.63) is 29.8 Å². The van der Waals surface area contributed by atoms with Gasteiger partial charge in [0.2, 0.25) is 5.12 Å². The molecule has 0 N–H and O–H groups in total. The molecule has 0 saturated carbocycles. The molecule has 1 aliphatic rings. The van der Waals surface area contributed by atoms with Crippen molar-refractivity contribution >= 4 is 23.4 Å². The van der Waals surface area contributed by atoms with Crippen molar-refractivity contribution in [2.24, 2.45) is 0 Å². The van der Waals surface area contributed by atoms with Gasteiger partial charge in [0.05, 0.1) is 0 Å². The van der Waals surface area contributed by atoms with Crippen LogP contribution in [-0.4, -0.2) is 18.2 Å². The minimum Gasteiger partial charge on any atom is -0.372 e. The average Bonchev–Trinajstić information content (AvgIpc) is 2.71. The van der Waals surface area contributed by atoms with Crippen molar-refractivity contribution in [3.8, 4) is 0 Å². The SMILES string of the molecule is O=C(S)c1cccc(N2CCCC2)c1. The molecule has 0 aliphatic carbocycles. The highest BCUT2D eigenvalue weighted by molar-refractivity contribution is 7.97. The van der Waals surface area contributed by atoms with Gasteiger partial charge in [-0.1, -0.05) is 12.1 Å². The predicted molar refractivity (Wildman–Crippen MR) is 61.2 cm³/mol. The third-order valence-corrected chi connectivity index (χ3v) is 2.82. The van der Waals surface area contributed by atoms with Gasteiger partial charge in [0.15, 0.2) is 0 Å². The highest BCUT2D eigenvalue weighted by Gasteiger charge is 2.12. The van der Waals surface area contributed by atoms with Gasteiger partial charge in [-0.2, -0.15) is 0 Å². The average molecular weight is 207 g/mol. The minimum absolute atomic E-state index is 0.161. The standard InChI is InChI=1S/C11H13NOS/c13-11(14)9-4-3-5-10(8-9)12-6-1-2-7-12/h3-5,8H,1-2,6-7H2,(H,13,14). The maximum atomic E-state index is 11.1. The van der Waals surface area contributed by atoms with E-state index in [2.05, 4.69) is 17.5 Å². The lowest BCUT2D eigenvalue weighted by Gasteiger charge is -2.17. The number of thiol groups is 1. The molecule has 1 aromatic carbocycles. The Hall–Kier alpha value is -0.960. The predicted octanol–water partition coefficient (Wildman–Crippen LogP) is 2.36. The van der Waals surface area contributed by atoms with Crippen LogP contribution in [0.3, 0.4) is 0 Å². The summed E-state index contributed by atoms with van der Waals surface area (Å²) in [5.74, 6) is 0. The molecule has 0 bridgehead atoms. The molecule has 0 atom stereocenters. The summed E-state index contributed by atoms with van der Waals surface area (Å²) in [7, 11) is 0. The Bertz CT molecular complexity index is 345. The van der Waals surface area contributed by atoms with Crippen molar-refractivity contribution in [3.63, 3.8) is 0 Å². The van der Waals surface area contributed by atoms with E-state index in [0.717, 1.165) is 18.8 Å². The third kappa shape index (κ3) is 1.93. The zero-order valence-corrected chi connectivity index (χ0v) is 8.83. The number of carbonyl (C=O) groups excluding carboxylic acids is 1. The van der Waals surface area contributed by atoms with Crippen LogP contribution < -0.4 is 4.90 Å². The van der Waals surface area contributed by atoms with Crippen molar-refractivity contribution < 1.29 is 4.79 Å². The lowest BCUT2D eigenvalue weighted by Crippen LogP contribution is -2.17. The van der Waals surface area contributed by atoms with E-state index >= 15 is 0 Å². The van der Waals surface area contributed by atoms with Gasteiger partial charge in [-0.05, 0) is 25.0 Å². The first-order chi connectivity index (χ1) is 6.77. The molecule has 0 aromatic heterocycles. The number of hydrogen-bond acceptors (Lipinski definition) is 2. The Morgan fingerprint density at radius 3 is 2.64 bits per heavy atom. The van der Waals surface area contributed by atoms with Crippen LogP contribution in [0.25, 0.3) is 0 Å². The molecule has 1 aliphatic heterocycles. The molecule has 0 radical (unpaired) electrons. The normalized spacial score (nSPS) is 15.9. The summed E-state index contributed by atoms with van der Waals surface area (Å²) in [5.41, 5.74) is 1.82. The molecule has 1 heterocycles. The summed E-state index contributed by atoms with van der Waals surface area (Å²) in [4.78, 5) is 13.4. The lowest BCUT2D eigenvalue weighted by molar-refractivity contribution is 0.109. The number of nitrogens with zero attached hydrogens (tertiary/aromatic N) is 1. The lowest BCUT2D eigenvalue weighted by atomic mass is 10.2. The van der Waals surface area contributed by atoms with Crippen LogP contribution in [0.1, 0.15) is 23.2 Å². The van der Waals surface area contributed by atoms with Crippen LogP contribution >= 0.6 is 12.6 Å². The Morgan fingerprint density at radius 2 is 2.00 bits per heavy atom. The fourth-order valence-electron chi connectivity index (χ4n) is 1.81. The monoisotopic (exact) mass is 207 g/mol. The number of carbonyl (C=O) groups is 1. The van der Waals surface area contributed by atoms with E-state index in [1.165, 1.54) is 12.8 Å². The van der Waals surface area contributed by atoms with Crippen molar-refractivity contribution in [1.82, 2.24) is 0 Å². The van der Waals surface area contributed by atoms with Gasteiger partial charge in [-0.25, -0.2) is 0 Å². The molecule has 0 spiro atoms. The highest BCUT2D eigenvalue weighted by Crippen LogP contribution is 2.21. The van der Waals surface area contributed by atoms with Gasteiger partial charge in [-0.15, -0.1) is 12.6 Å². The van der Waals surface area contributed by atoms with Crippen LogP contribution in [0.15, 0.2) is 24.3 Å². The van der Waals surface area contributed by atoms with Gasteiger partial charge in [0.25, 0.3) is 0 Å². The summed E-state index contributed by atoms with van der Waals surface area (Å²) in [6.45, 7) is 2.20. The number of anilines is 1. The summed E-state index contributed by atoms with van der Waals surface area (Å²) >= 11 is 3.82. The number of hydrogen-bond donors (Lipinski definition) is 1. The summed E-state index contributed by atoms with van der Waals surface area (Å²) in [6.07, 6.45) is 2.50. The smallest absolute Gasteiger partial charge is 0.216 e. The molecule has 1 saturated heterocycles. The first kappa shape index (κ1) is 9.59. The van der Waals surface area contributed by atoms with Crippen LogP contribution in [0, 0.1) is 0 Å². The van der Waals surface area contributed by atoms with Gasteiger partial charge < -0.3 is 4.90 Å². The summed E-state index contributed by atoms with van der Waals surface area (Å²) < 4.78 is 0. The van der Waals surface area contributed by atoms with Crippen LogP contribution in [0.5, 0.6) is 0 Å². The number of rotatable bonds is 2. The first-order valence-corrected chi connectivity index (χ1v) is 5.30. The topological polar surface area (TPSA) is 20.3 Å². The molecule has 1 fully saturated rings. The maximum Gasteiger partial charge on any atom is 0.216 e. The Kier molecular flexibility index (Phi) is 2.77. The zero-order valence-electron chi connectivity index (χ0n) is 7.94. The fraction of sp³-hybridized carbons (Fsp3) is 0.364. The van der Waals surface area contributed by atoms with Gasteiger partial charge in [-0.3, -0.25) is 4.79 Å². The molecule has 2 rings (SSSR count). The third-order valence-electron chi connectivity index (χ3n) is 2.56. The van der Waals surface area contributed by atoms with Crippen molar-refractivity contribution in [2.75, 3.05) is 18.0 Å². The second-order valence-corrected chi connectivity index (χ2v) is 3.96. The molecule has 14 heavy (non-hydrogen) atoms. The van der Waals surface area contributed by atoms with Crippen LogP contribution in [0.2, 0.25) is 0 Å². The fourth-order valence-corrected chi connectivity index (χ4v) is 1.95. The molecule has 74 valence electrons. The highest BCUT2D eigenvalue weighted by atomic mass is 32.1. The van der Waals surface area contributed by atoms with Crippen molar-refractivity contribution in [1.29, 1.82) is 0 Å². The maximum absolute atomic E-state index is 11.1. The molecular weight excluding hydrogens is 194 g/mol. The molecular formula is C11H13NOS. The Labute approximate surface area is 89.3 Å². The first-order valence-electron chi connectivity index (χ1n) is 4.86. The van der Waals surface area contributed by atoms with Gasteiger partial charge in [0, 0.05) is 24.3 Å². The van der Waals surface area contributed by atoms with Crippen LogP contribution in [-0.2, 0) is 0 Å². The van der Waals surface area contributed by atoms with E-state index in [-0.39, 0.29) is 5.12 Å². The van der Waals surface area contributed by atoms with Gasteiger partial charge >= 0.3 is 0 Å². The quantitative estimate of drug-likeness (QED) is 0.751. The number of benzene rings is 1. The molecule has 1 aromatic rings. The van der Waals surface area contributed by atoms with E-state index in [1.807, 2.05) is 18.2 Å². The molecule has 0 unspecified atom stereocenters. The molecule has 3 heteroatoms. The minimum atomic E-state index is -0.161. The second-order valence-electron chi connectivity index (χ2n) is 3.55. The largest absolute Gasteiger partial charge is 0.372 e. The van der Waals surface area contributed by atoms with E-state index in [9.17, 15) is 4.79 Å². The Balaban J connectivity index is 2.25. The zero-order chi connectivity index (χ0) is 9.97. The van der Waals surface area contributed by atoms with E-state index < -0.39 is 0 Å². The van der Waals surface area contributed by atoms with E-state index in [4.69, 9.17) is 0 Å². The van der Waals surface area contributed by atoms with E-state index in [0.29, 0.717) is 5.56 Å². The van der Waals surface area contributed by atoms with E-state index in [1.54, 1.807) is 6.07 Å².